The first-order valence-corrected chi connectivity index (χ1v) is 12.0. The molecule has 1 saturated heterocycles. The zero-order valence-corrected chi connectivity index (χ0v) is 20.4. The fraction of sp³-hybridized carbons (Fsp3) is 0.385. The molecule has 4 rings (SSSR count). The van der Waals surface area contributed by atoms with Crippen LogP contribution in [0.3, 0.4) is 0 Å². The molecule has 34 heavy (non-hydrogen) atoms. The molecule has 1 unspecified atom stereocenters. The van der Waals surface area contributed by atoms with Gasteiger partial charge in [0.1, 0.15) is 0 Å². The minimum absolute atomic E-state index is 0.251. The number of hydrogen-bond donors (Lipinski definition) is 1. The molecular formula is C26H31ClN4O3. The van der Waals surface area contributed by atoms with Crippen molar-refractivity contribution in [2.24, 2.45) is 0 Å². The lowest BCUT2D eigenvalue weighted by molar-refractivity contribution is -0.139. The Bertz CT molecular complexity index is 1050. The van der Waals surface area contributed by atoms with E-state index in [1.807, 2.05) is 24.3 Å². The molecular weight excluding hydrogens is 452 g/mol. The standard InChI is InChI=1S/C26H31ClN4O3/c1-3-34-25(32)23-22(29(2)26(33)28-24(23)20-11-7-8-12-21(20)27)18-31-15-13-30(14-16-31)17-19-9-5-4-6-10-19/h4-12,24H,3,13-18H2,1-2H3,(H,28,33). The highest BCUT2D eigenvalue weighted by atomic mass is 35.5. The lowest BCUT2D eigenvalue weighted by Gasteiger charge is -2.39. The van der Waals surface area contributed by atoms with Crippen molar-refractivity contribution >= 4 is 23.6 Å². The summed E-state index contributed by atoms with van der Waals surface area (Å²) in [6.07, 6.45) is 0. The fourth-order valence-electron chi connectivity index (χ4n) is 4.50. The van der Waals surface area contributed by atoms with E-state index in [1.54, 1.807) is 20.0 Å². The van der Waals surface area contributed by atoms with Gasteiger partial charge in [0.25, 0.3) is 0 Å². The summed E-state index contributed by atoms with van der Waals surface area (Å²) in [6, 6.07) is 16.8. The van der Waals surface area contributed by atoms with E-state index in [9.17, 15) is 9.59 Å². The third kappa shape index (κ3) is 5.43. The zero-order chi connectivity index (χ0) is 24.1. The predicted octanol–water partition coefficient (Wildman–Crippen LogP) is 3.67. The van der Waals surface area contributed by atoms with E-state index in [-0.39, 0.29) is 12.6 Å². The lowest BCUT2D eigenvalue weighted by atomic mass is 9.94. The number of benzene rings is 2. The molecule has 1 fully saturated rings. The molecule has 7 nitrogen and oxygen atoms in total. The number of halogens is 1. The van der Waals surface area contributed by atoms with Gasteiger partial charge in [0.2, 0.25) is 0 Å². The molecule has 2 aromatic rings. The van der Waals surface area contributed by atoms with Crippen molar-refractivity contribution in [3.8, 4) is 0 Å². The number of amides is 2. The smallest absolute Gasteiger partial charge is 0.338 e. The second-order valence-corrected chi connectivity index (χ2v) is 8.99. The summed E-state index contributed by atoms with van der Waals surface area (Å²) >= 11 is 6.46. The van der Waals surface area contributed by atoms with Gasteiger partial charge >= 0.3 is 12.0 Å². The molecule has 0 bridgehead atoms. The van der Waals surface area contributed by atoms with Crippen LogP contribution in [-0.2, 0) is 16.1 Å². The maximum atomic E-state index is 13.1. The van der Waals surface area contributed by atoms with Gasteiger partial charge in [0.05, 0.1) is 18.2 Å². The largest absolute Gasteiger partial charge is 0.463 e. The van der Waals surface area contributed by atoms with Crippen LogP contribution in [0.5, 0.6) is 0 Å². The molecule has 1 atom stereocenters. The molecule has 0 aromatic heterocycles. The second kappa shape index (κ2) is 11.0. The molecule has 2 aliphatic rings. The zero-order valence-electron chi connectivity index (χ0n) is 19.7. The summed E-state index contributed by atoms with van der Waals surface area (Å²) in [5, 5.41) is 3.42. The summed E-state index contributed by atoms with van der Waals surface area (Å²) < 4.78 is 5.41. The Kier molecular flexibility index (Phi) is 7.88. The van der Waals surface area contributed by atoms with Crippen molar-refractivity contribution < 1.29 is 14.3 Å². The van der Waals surface area contributed by atoms with Crippen molar-refractivity contribution in [2.45, 2.75) is 19.5 Å². The highest BCUT2D eigenvalue weighted by molar-refractivity contribution is 6.31. The Hall–Kier alpha value is -2.87. The van der Waals surface area contributed by atoms with Crippen LogP contribution in [0, 0.1) is 0 Å². The van der Waals surface area contributed by atoms with Gasteiger partial charge in [-0.25, -0.2) is 9.59 Å². The van der Waals surface area contributed by atoms with Crippen LogP contribution in [0.25, 0.3) is 0 Å². The van der Waals surface area contributed by atoms with Crippen LogP contribution in [0.1, 0.15) is 24.1 Å². The molecule has 0 spiro atoms. The minimum atomic E-state index is -0.661. The van der Waals surface area contributed by atoms with Crippen LogP contribution < -0.4 is 5.32 Å². The first-order valence-electron chi connectivity index (χ1n) is 11.7. The maximum Gasteiger partial charge on any atom is 0.338 e. The third-order valence-electron chi connectivity index (χ3n) is 6.38. The molecule has 0 radical (unpaired) electrons. The first-order chi connectivity index (χ1) is 16.5. The number of carbonyl (C=O) groups excluding carboxylic acids is 2. The molecule has 8 heteroatoms. The van der Waals surface area contributed by atoms with Gasteiger partial charge < -0.3 is 10.1 Å². The number of piperazine rings is 1. The van der Waals surface area contributed by atoms with E-state index in [1.165, 1.54) is 10.5 Å². The Morgan fingerprint density at radius 3 is 2.26 bits per heavy atom. The summed E-state index contributed by atoms with van der Waals surface area (Å²) in [4.78, 5) is 32.2. The third-order valence-corrected chi connectivity index (χ3v) is 6.72. The Morgan fingerprint density at radius 2 is 1.62 bits per heavy atom. The molecule has 2 aliphatic heterocycles. The number of likely N-dealkylation sites (N-methyl/N-ethyl adjacent to an activating group) is 1. The van der Waals surface area contributed by atoms with E-state index >= 15 is 0 Å². The van der Waals surface area contributed by atoms with E-state index in [0.717, 1.165) is 32.7 Å². The minimum Gasteiger partial charge on any atom is -0.463 e. The summed E-state index contributed by atoms with van der Waals surface area (Å²) in [5.41, 5.74) is 3.07. The summed E-state index contributed by atoms with van der Waals surface area (Å²) in [7, 11) is 1.69. The van der Waals surface area contributed by atoms with Crippen molar-refractivity contribution in [1.29, 1.82) is 0 Å². The Balaban J connectivity index is 1.56. The van der Waals surface area contributed by atoms with Gasteiger partial charge in [-0.05, 0) is 24.1 Å². The number of urea groups is 1. The number of carbonyl (C=O) groups is 2. The summed E-state index contributed by atoms with van der Waals surface area (Å²) in [5.74, 6) is -0.433. The number of nitrogens with zero attached hydrogens (tertiary/aromatic N) is 3. The quantitative estimate of drug-likeness (QED) is 0.610. The topological polar surface area (TPSA) is 65.1 Å². The van der Waals surface area contributed by atoms with Gasteiger partial charge in [-0.3, -0.25) is 14.7 Å². The molecule has 2 heterocycles. The maximum absolute atomic E-state index is 13.1. The number of esters is 1. The summed E-state index contributed by atoms with van der Waals surface area (Å²) in [6.45, 7) is 6.96. The number of hydrogen-bond acceptors (Lipinski definition) is 5. The SMILES string of the molecule is CCOC(=O)C1=C(CN2CCN(Cc3ccccc3)CC2)N(C)C(=O)NC1c1ccccc1Cl. The van der Waals surface area contributed by atoms with Crippen LogP contribution in [0.2, 0.25) is 5.02 Å². The highest BCUT2D eigenvalue weighted by Crippen LogP contribution is 2.34. The van der Waals surface area contributed by atoms with Gasteiger partial charge in [-0.1, -0.05) is 60.1 Å². The highest BCUT2D eigenvalue weighted by Gasteiger charge is 2.38. The number of rotatable bonds is 7. The average molecular weight is 483 g/mol. The molecule has 2 amide bonds. The predicted molar refractivity (Wildman–Crippen MR) is 132 cm³/mol. The molecule has 0 aliphatic carbocycles. The van der Waals surface area contributed by atoms with Gasteiger partial charge in [-0.2, -0.15) is 0 Å². The van der Waals surface area contributed by atoms with Crippen LogP contribution in [0.4, 0.5) is 4.79 Å². The Morgan fingerprint density at radius 1 is 1.00 bits per heavy atom. The van der Waals surface area contributed by atoms with Gasteiger partial charge in [0.15, 0.2) is 0 Å². The monoisotopic (exact) mass is 482 g/mol. The van der Waals surface area contributed by atoms with Crippen LogP contribution in [0.15, 0.2) is 65.9 Å². The number of ether oxygens (including phenoxy) is 1. The number of nitrogens with one attached hydrogen (secondary N) is 1. The van der Waals surface area contributed by atoms with Crippen molar-refractivity contribution in [2.75, 3.05) is 46.4 Å². The van der Waals surface area contributed by atoms with Gasteiger partial charge in [-0.15, -0.1) is 0 Å². The van der Waals surface area contributed by atoms with E-state index in [2.05, 4.69) is 39.4 Å². The lowest BCUT2D eigenvalue weighted by Crippen LogP contribution is -2.52. The molecule has 0 saturated carbocycles. The first kappa shape index (κ1) is 24.3. The normalized spacial score (nSPS) is 19.8. The van der Waals surface area contributed by atoms with E-state index in [0.29, 0.717) is 28.4 Å². The van der Waals surface area contributed by atoms with E-state index in [4.69, 9.17) is 16.3 Å². The molecule has 180 valence electrons. The van der Waals surface area contributed by atoms with Gasteiger partial charge in [0, 0.05) is 57.0 Å². The molecule has 2 aromatic carbocycles. The Labute approximate surface area is 205 Å². The van der Waals surface area contributed by atoms with Crippen LogP contribution in [-0.4, -0.2) is 73.1 Å². The van der Waals surface area contributed by atoms with Crippen molar-refractivity contribution in [1.82, 2.24) is 20.0 Å². The van der Waals surface area contributed by atoms with Crippen molar-refractivity contribution in [3.05, 3.63) is 82.0 Å². The van der Waals surface area contributed by atoms with Crippen molar-refractivity contribution in [3.63, 3.8) is 0 Å². The molecule has 1 N–H and O–H groups in total. The fourth-order valence-corrected chi connectivity index (χ4v) is 4.74. The van der Waals surface area contributed by atoms with E-state index < -0.39 is 12.0 Å². The second-order valence-electron chi connectivity index (χ2n) is 8.58. The van der Waals surface area contributed by atoms with Crippen LogP contribution >= 0.6 is 11.6 Å². The average Bonchev–Trinajstić information content (AvgIpc) is 2.84.